The molecular weight excluding hydrogens is 284 g/mol. The summed E-state index contributed by atoms with van der Waals surface area (Å²) in [5, 5.41) is 0. The Hall–Kier alpha value is -0.530. The van der Waals surface area contributed by atoms with Gasteiger partial charge in [0.05, 0.1) is 5.41 Å². The Bertz CT molecular complexity index is 461. The maximum Gasteiger partial charge on any atom is 0.313 e. The first-order chi connectivity index (χ1) is 10.2. The Morgan fingerprint density at radius 3 is 1.83 bits per heavy atom. The lowest BCUT2D eigenvalue weighted by Gasteiger charge is -2.47. The Balaban J connectivity index is 2.16. The number of carbonyl (C=O) groups is 1. The van der Waals surface area contributed by atoms with Crippen LogP contribution in [0.1, 0.15) is 100 Å². The molecule has 0 N–H and O–H groups in total. The molecule has 2 heteroatoms. The van der Waals surface area contributed by atoms with Crippen LogP contribution >= 0.6 is 0 Å². The van der Waals surface area contributed by atoms with Gasteiger partial charge in [-0.3, -0.25) is 4.79 Å². The van der Waals surface area contributed by atoms with E-state index in [0.717, 1.165) is 12.8 Å². The molecule has 2 aliphatic carbocycles. The van der Waals surface area contributed by atoms with E-state index in [-0.39, 0.29) is 33.2 Å². The Morgan fingerprint density at radius 2 is 1.43 bits per heavy atom. The van der Waals surface area contributed by atoms with Crippen LogP contribution in [0.4, 0.5) is 0 Å². The predicted molar refractivity (Wildman–Crippen MR) is 96.3 cm³/mol. The Morgan fingerprint density at radius 1 is 0.957 bits per heavy atom. The fraction of sp³-hybridized carbons (Fsp3) is 0.952. The molecule has 23 heavy (non-hydrogen) atoms. The fourth-order valence-electron chi connectivity index (χ4n) is 4.72. The van der Waals surface area contributed by atoms with Gasteiger partial charge in [0.1, 0.15) is 5.60 Å². The van der Waals surface area contributed by atoms with Crippen molar-refractivity contribution in [1.29, 1.82) is 0 Å². The van der Waals surface area contributed by atoms with Crippen LogP contribution in [0.15, 0.2) is 0 Å². The number of ether oxygens (including phenoxy) is 1. The van der Waals surface area contributed by atoms with Gasteiger partial charge in [0.2, 0.25) is 0 Å². The topological polar surface area (TPSA) is 26.3 Å². The molecule has 0 aliphatic heterocycles. The summed E-state index contributed by atoms with van der Waals surface area (Å²) >= 11 is 0. The lowest BCUT2D eigenvalue weighted by Crippen LogP contribution is -2.48. The minimum absolute atomic E-state index is 0.0502. The van der Waals surface area contributed by atoms with Gasteiger partial charge < -0.3 is 4.74 Å². The third-order valence-corrected chi connectivity index (χ3v) is 6.90. The van der Waals surface area contributed by atoms with Gasteiger partial charge in [-0.25, -0.2) is 0 Å². The van der Waals surface area contributed by atoms with E-state index in [2.05, 4.69) is 55.4 Å². The van der Waals surface area contributed by atoms with Crippen LogP contribution in [0.2, 0.25) is 0 Å². The smallest absolute Gasteiger partial charge is 0.313 e. The zero-order valence-corrected chi connectivity index (χ0v) is 16.8. The molecule has 1 unspecified atom stereocenters. The van der Waals surface area contributed by atoms with Crippen LogP contribution in [0.5, 0.6) is 0 Å². The lowest BCUT2D eigenvalue weighted by molar-refractivity contribution is -0.182. The van der Waals surface area contributed by atoms with Crippen molar-refractivity contribution in [2.75, 3.05) is 0 Å². The van der Waals surface area contributed by atoms with Gasteiger partial charge in [-0.2, -0.15) is 0 Å². The number of rotatable bonds is 4. The highest BCUT2D eigenvalue weighted by atomic mass is 16.6. The van der Waals surface area contributed by atoms with Gasteiger partial charge in [0, 0.05) is 5.41 Å². The average molecular weight is 323 g/mol. The van der Waals surface area contributed by atoms with E-state index in [1.807, 2.05) is 0 Å². The van der Waals surface area contributed by atoms with Crippen LogP contribution in [-0.2, 0) is 9.53 Å². The van der Waals surface area contributed by atoms with Gasteiger partial charge in [0.25, 0.3) is 0 Å². The first kappa shape index (κ1) is 18.8. The number of esters is 1. The highest BCUT2D eigenvalue weighted by molar-refractivity contribution is 5.82. The van der Waals surface area contributed by atoms with Crippen molar-refractivity contribution in [3.8, 4) is 0 Å². The van der Waals surface area contributed by atoms with Crippen LogP contribution in [0.25, 0.3) is 0 Å². The molecule has 0 aromatic carbocycles. The molecule has 2 aliphatic rings. The fourth-order valence-corrected chi connectivity index (χ4v) is 4.72. The molecule has 0 saturated heterocycles. The summed E-state index contributed by atoms with van der Waals surface area (Å²) in [6, 6.07) is 0. The maximum atomic E-state index is 13.2. The van der Waals surface area contributed by atoms with Gasteiger partial charge in [-0.15, -0.1) is 0 Å². The summed E-state index contributed by atoms with van der Waals surface area (Å²) < 4.78 is 6.25. The number of hydrogen-bond donors (Lipinski definition) is 0. The van der Waals surface area contributed by atoms with E-state index >= 15 is 0 Å². The SMILES string of the molecule is CC(C)(C)CC1(C(=O)OC(C)(C)C2(C)CCCCC2)CC1(C)C. The second-order valence-corrected chi connectivity index (χ2v) is 10.9. The highest BCUT2D eigenvalue weighted by Crippen LogP contribution is 2.68. The third kappa shape index (κ3) is 3.46. The van der Waals surface area contributed by atoms with E-state index in [1.54, 1.807) is 0 Å². The molecule has 1 atom stereocenters. The standard InChI is InChI=1S/C21H38O2/c1-17(2,3)14-21(15-18(21,4)5)16(22)23-19(6,7)20(8)12-10-9-11-13-20/h9-15H2,1-8H3. The normalized spacial score (nSPS) is 29.9. The van der Waals surface area contributed by atoms with Crippen molar-refractivity contribution in [2.24, 2.45) is 21.7 Å². The molecule has 134 valence electrons. The van der Waals surface area contributed by atoms with Crippen LogP contribution < -0.4 is 0 Å². The predicted octanol–water partition coefficient (Wildman–Crippen LogP) is 6.13. The molecule has 0 radical (unpaired) electrons. The Kier molecular flexibility index (Phi) is 4.49. The molecular formula is C21H38O2. The van der Waals surface area contributed by atoms with E-state index in [0.29, 0.717) is 0 Å². The van der Waals surface area contributed by atoms with Gasteiger partial charge in [-0.1, -0.05) is 60.8 Å². The third-order valence-electron chi connectivity index (χ3n) is 6.90. The Labute approximate surface area is 143 Å². The number of hydrogen-bond acceptors (Lipinski definition) is 2. The zero-order chi connectivity index (χ0) is 17.7. The maximum absolute atomic E-state index is 13.2. The molecule has 2 rings (SSSR count). The molecule has 0 aromatic rings. The second kappa shape index (κ2) is 5.49. The molecule has 0 aromatic heterocycles. The van der Waals surface area contributed by atoms with Gasteiger partial charge in [0.15, 0.2) is 0 Å². The van der Waals surface area contributed by atoms with E-state index < -0.39 is 0 Å². The summed E-state index contributed by atoms with van der Waals surface area (Å²) in [6.45, 7) is 17.7. The minimum atomic E-state index is -0.381. The monoisotopic (exact) mass is 322 g/mol. The van der Waals surface area contributed by atoms with Crippen LogP contribution in [0, 0.1) is 21.7 Å². The van der Waals surface area contributed by atoms with Crippen LogP contribution in [0.3, 0.4) is 0 Å². The first-order valence-electron chi connectivity index (χ1n) is 9.48. The van der Waals surface area contributed by atoms with Crippen molar-refractivity contribution in [1.82, 2.24) is 0 Å². The van der Waals surface area contributed by atoms with Crippen molar-refractivity contribution in [3.63, 3.8) is 0 Å². The summed E-state index contributed by atoms with van der Waals surface area (Å²) in [4.78, 5) is 13.2. The van der Waals surface area contributed by atoms with Crippen molar-refractivity contribution in [3.05, 3.63) is 0 Å². The highest BCUT2D eigenvalue weighted by Gasteiger charge is 2.68. The minimum Gasteiger partial charge on any atom is -0.459 e. The molecule has 0 bridgehead atoms. The lowest BCUT2D eigenvalue weighted by atomic mass is 9.65. The summed E-state index contributed by atoms with van der Waals surface area (Å²) in [6.07, 6.45) is 8.06. The van der Waals surface area contributed by atoms with E-state index in [9.17, 15) is 4.79 Å². The van der Waals surface area contributed by atoms with Crippen molar-refractivity contribution < 1.29 is 9.53 Å². The van der Waals surface area contributed by atoms with E-state index in [4.69, 9.17) is 4.74 Å². The van der Waals surface area contributed by atoms with Crippen molar-refractivity contribution >= 4 is 5.97 Å². The molecule has 2 saturated carbocycles. The second-order valence-electron chi connectivity index (χ2n) is 10.9. The molecule has 0 spiro atoms. The van der Waals surface area contributed by atoms with Crippen molar-refractivity contribution in [2.45, 2.75) is 106 Å². The quantitative estimate of drug-likeness (QED) is 0.582. The van der Waals surface area contributed by atoms with Crippen LogP contribution in [-0.4, -0.2) is 11.6 Å². The van der Waals surface area contributed by atoms with E-state index in [1.165, 1.54) is 32.1 Å². The molecule has 0 heterocycles. The summed E-state index contributed by atoms with van der Waals surface area (Å²) in [5.74, 6) is 0.0502. The van der Waals surface area contributed by atoms with Gasteiger partial charge in [-0.05, 0) is 50.4 Å². The average Bonchev–Trinajstić information content (AvgIpc) is 2.89. The van der Waals surface area contributed by atoms with Gasteiger partial charge >= 0.3 is 5.97 Å². The molecule has 2 nitrogen and oxygen atoms in total. The molecule has 0 amide bonds. The number of carbonyl (C=O) groups excluding carboxylic acids is 1. The largest absolute Gasteiger partial charge is 0.459 e. The molecule has 2 fully saturated rings. The summed E-state index contributed by atoms with van der Waals surface area (Å²) in [7, 11) is 0. The zero-order valence-electron chi connectivity index (χ0n) is 16.8. The first-order valence-corrected chi connectivity index (χ1v) is 9.48. The summed E-state index contributed by atoms with van der Waals surface area (Å²) in [5.41, 5.74) is -0.336.